The van der Waals surface area contributed by atoms with E-state index in [0.29, 0.717) is 0 Å². The Morgan fingerprint density at radius 2 is 1.19 bits per heavy atom. The number of aliphatic hydroxyl groups excluding tert-OH is 9. The number of hydrogen-bond acceptors (Lipinski definition) is 15. The van der Waals surface area contributed by atoms with E-state index in [0.717, 1.165) is 0 Å². The highest BCUT2D eigenvalue weighted by atomic mass is 16.7. The van der Waals surface area contributed by atoms with Gasteiger partial charge < -0.3 is 75.0 Å². The number of aliphatic hydroxyl groups is 9. The molecule has 0 bridgehead atoms. The number of amides is 1. The largest absolute Gasteiger partial charge is 0.394 e. The maximum Gasteiger partial charge on any atom is 0.217 e. The van der Waals surface area contributed by atoms with Crippen molar-refractivity contribution in [3.05, 3.63) is 0 Å². The molecule has 3 heterocycles. The second-order valence-electron chi connectivity index (χ2n) is 9.38. The van der Waals surface area contributed by atoms with Crippen molar-refractivity contribution in [2.24, 2.45) is 0 Å². The normalized spacial score (nSPS) is 49.0. The van der Waals surface area contributed by atoms with E-state index < -0.39 is 118 Å². The first-order chi connectivity index (χ1) is 17.4. The summed E-state index contributed by atoms with van der Waals surface area (Å²) in [6, 6.07) is -0.952. The Bertz CT molecular complexity index is 745. The third-order valence-corrected chi connectivity index (χ3v) is 6.77. The summed E-state index contributed by atoms with van der Waals surface area (Å²) in [5.41, 5.74) is 0. The summed E-state index contributed by atoms with van der Waals surface area (Å²) < 4.78 is 27.6. The molecule has 16 nitrogen and oxygen atoms in total. The lowest BCUT2D eigenvalue weighted by molar-refractivity contribution is -0.371. The van der Waals surface area contributed by atoms with Crippen LogP contribution < -0.4 is 5.32 Å². The molecule has 0 spiro atoms. The summed E-state index contributed by atoms with van der Waals surface area (Å²) in [6.45, 7) is 0.664. The molecule has 0 saturated carbocycles. The summed E-state index contributed by atoms with van der Waals surface area (Å²) in [7, 11) is 0. The van der Waals surface area contributed by atoms with Crippen LogP contribution in [0.1, 0.15) is 13.8 Å². The SMILES string of the molecule is CC(=O)NC1C(O)[C@@H](O[C@@H]2OC(CO)[C@H](O)C(O[C@@H]3OC(CO)[C@H](O)C(O)C3O)C2O)C(CO)O[C@H]1C. The smallest absolute Gasteiger partial charge is 0.217 e. The topological polar surface area (TPSA) is 257 Å². The molecule has 15 atom stereocenters. The van der Waals surface area contributed by atoms with Crippen molar-refractivity contribution >= 4 is 5.91 Å². The monoisotopic (exact) mass is 543 g/mol. The van der Waals surface area contributed by atoms with Crippen LogP contribution in [0.2, 0.25) is 0 Å². The van der Waals surface area contributed by atoms with Crippen LogP contribution >= 0.6 is 0 Å². The van der Waals surface area contributed by atoms with Crippen molar-refractivity contribution in [3.63, 3.8) is 0 Å². The van der Waals surface area contributed by atoms with E-state index in [9.17, 15) is 50.8 Å². The molecule has 0 radical (unpaired) electrons. The van der Waals surface area contributed by atoms with Crippen LogP contribution in [0.3, 0.4) is 0 Å². The first-order valence-electron chi connectivity index (χ1n) is 11.9. The highest BCUT2D eigenvalue weighted by Crippen LogP contribution is 2.32. The molecule has 0 aliphatic carbocycles. The van der Waals surface area contributed by atoms with Gasteiger partial charge in [-0.1, -0.05) is 0 Å². The molecule has 37 heavy (non-hydrogen) atoms. The van der Waals surface area contributed by atoms with Crippen LogP contribution in [0.25, 0.3) is 0 Å². The molecule has 0 aromatic rings. The standard InChI is InChI=1S/C21H37NO15/c1-6-11(22-7(2)26)14(29)18(10(5-25)33-6)36-21-17(32)19(13(28)9(4-24)35-21)37-20-16(31)15(30)12(27)8(3-23)34-20/h6,8-21,23-25,27-32H,3-5H2,1-2H3,(H,22,26)/t6-,8?,9?,10?,11?,12-,13-,14?,15?,16?,17?,18-,19?,20-,21-/m0/s1. The van der Waals surface area contributed by atoms with Gasteiger partial charge in [0, 0.05) is 6.92 Å². The van der Waals surface area contributed by atoms with Crippen molar-refractivity contribution in [2.75, 3.05) is 19.8 Å². The lowest BCUT2D eigenvalue weighted by atomic mass is 9.92. The average Bonchev–Trinajstić information content (AvgIpc) is 2.86. The van der Waals surface area contributed by atoms with Gasteiger partial charge in [0.15, 0.2) is 12.6 Å². The molecule has 0 aromatic carbocycles. The van der Waals surface area contributed by atoms with Crippen LogP contribution in [0, 0.1) is 0 Å². The Balaban J connectivity index is 1.80. The van der Waals surface area contributed by atoms with Crippen molar-refractivity contribution in [1.82, 2.24) is 5.32 Å². The molecule has 216 valence electrons. The van der Waals surface area contributed by atoms with E-state index in [1.165, 1.54) is 6.92 Å². The van der Waals surface area contributed by atoms with E-state index in [1.807, 2.05) is 0 Å². The predicted molar refractivity (Wildman–Crippen MR) is 116 cm³/mol. The first-order valence-corrected chi connectivity index (χ1v) is 11.9. The number of carbonyl (C=O) groups excluding carboxylic acids is 1. The van der Waals surface area contributed by atoms with Crippen LogP contribution in [0.15, 0.2) is 0 Å². The van der Waals surface area contributed by atoms with Crippen molar-refractivity contribution < 1.29 is 74.4 Å². The van der Waals surface area contributed by atoms with E-state index in [-0.39, 0.29) is 0 Å². The zero-order valence-corrected chi connectivity index (χ0v) is 20.3. The second-order valence-corrected chi connectivity index (χ2v) is 9.38. The molecule has 3 fully saturated rings. The average molecular weight is 544 g/mol. The van der Waals surface area contributed by atoms with Gasteiger partial charge in [-0.15, -0.1) is 0 Å². The van der Waals surface area contributed by atoms with Crippen molar-refractivity contribution in [1.29, 1.82) is 0 Å². The van der Waals surface area contributed by atoms with E-state index in [4.69, 9.17) is 23.7 Å². The third-order valence-electron chi connectivity index (χ3n) is 6.77. The van der Waals surface area contributed by atoms with Crippen molar-refractivity contribution in [3.8, 4) is 0 Å². The van der Waals surface area contributed by atoms with Gasteiger partial charge in [-0.3, -0.25) is 4.79 Å². The Morgan fingerprint density at radius 3 is 1.73 bits per heavy atom. The quantitative estimate of drug-likeness (QED) is 0.137. The van der Waals surface area contributed by atoms with Crippen LogP contribution in [0.5, 0.6) is 0 Å². The molecule has 3 rings (SSSR count). The minimum Gasteiger partial charge on any atom is -0.394 e. The fourth-order valence-corrected chi connectivity index (χ4v) is 4.71. The summed E-state index contributed by atoms with van der Waals surface area (Å²) >= 11 is 0. The Hall–Kier alpha value is -1.09. The van der Waals surface area contributed by atoms with Crippen LogP contribution in [0.4, 0.5) is 0 Å². The molecule has 0 aromatic heterocycles. The van der Waals surface area contributed by atoms with E-state index in [2.05, 4.69) is 5.32 Å². The zero-order chi connectivity index (χ0) is 27.6. The number of rotatable bonds is 8. The number of nitrogens with one attached hydrogen (secondary N) is 1. The molecular formula is C21H37NO15. The fraction of sp³-hybridized carbons (Fsp3) is 0.952. The van der Waals surface area contributed by atoms with Crippen LogP contribution in [-0.4, -0.2) is 164 Å². The molecular weight excluding hydrogens is 506 g/mol. The van der Waals surface area contributed by atoms with Gasteiger partial charge in [-0.25, -0.2) is 0 Å². The minimum atomic E-state index is -1.85. The van der Waals surface area contributed by atoms with Crippen molar-refractivity contribution in [2.45, 2.75) is 106 Å². The van der Waals surface area contributed by atoms with E-state index in [1.54, 1.807) is 6.92 Å². The maximum atomic E-state index is 11.6. The first kappa shape index (κ1) is 30.5. The van der Waals surface area contributed by atoms with Crippen LogP contribution in [-0.2, 0) is 28.5 Å². The molecule has 3 aliphatic heterocycles. The van der Waals surface area contributed by atoms with Gasteiger partial charge in [-0.2, -0.15) is 0 Å². The Morgan fingerprint density at radius 1 is 0.676 bits per heavy atom. The molecule has 3 aliphatic rings. The summed E-state index contributed by atoms with van der Waals surface area (Å²) in [4.78, 5) is 11.6. The lowest BCUT2D eigenvalue weighted by Crippen LogP contribution is -2.67. The summed E-state index contributed by atoms with van der Waals surface area (Å²) in [5, 5.41) is 94.1. The van der Waals surface area contributed by atoms with Gasteiger partial charge in [-0.05, 0) is 6.92 Å². The van der Waals surface area contributed by atoms with Gasteiger partial charge in [0.05, 0.1) is 32.0 Å². The van der Waals surface area contributed by atoms with Gasteiger partial charge >= 0.3 is 0 Å². The number of ether oxygens (including phenoxy) is 5. The Labute approximate surface area is 211 Å². The number of carbonyl (C=O) groups is 1. The molecule has 10 N–H and O–H groups in total. The van der Waals surface area contributed by atoms with Gasteiger partial charge in [0.25, 0.3) is 0 Å². The third kappa shape index (κ3) is 6.39. The molecule has 16 heteroatoms. The fourth-order valence-electron chi connectivity index (χ4n) is 4.71. The van der Waals surface area contributed by atoms with Gasteiger partial charge in [0.2, 0.25) is 5.91 Å². The predicted octanol–water partition coefficient (Wildman–Crippen LogP) is -6.36. The maximum absolute atomic E-state index is 11.6. The van der Waals surface area contributed by atoms with Gasteiger partial charge in [0.1, 0.15) is 67.1 Å². The zero-order valence-electron chi connectivity index (χ0n) is 20.3. The second kappa shape index (κ2) is 12.8. The minimum absolute atomic E-state index is 0.467. The molecule has 3 saturated heterocycles. The highest BCUT2D eigenvalue weighted by molar-refractivity contribution is 5.73. The summed E-state index contributed by atoms with van der Waals surface area (Å²) in [6.07, 6.45) is -21.3. The van der Waals surface area contributed by atoms with E-state index >= 15 is 0 Å². The lowest BCUT2D eigenvalue weighted by Gasteiger charge is -2.48. The molecule has 1 amide bonds. The number of hydrogen-bond donors (Lipinski definition) is 10. The summed E-state index contributed by atoms with van der Waals surface area (Å²) in [5.74, 6) is -0.467. The Kier molecular flexibility index (Phi) is 10.6. The highest BCUT2D eigenvalue weighted by Gasteiger charge is 2.53. The molecule has 9 unspecified atom stereocenters.